The van der Waals surface area contributed by atoms with Crippen molar-refractivity contribution in [1.29, 1.82) is 0 Å². The van der Waals surface area contributed by atoms with Crippen LogP contribution in [-0.2, 0) is 11.8 Å². The molecule has 3 N–H and O–H groups in total. The van der Waals surface area contributed by atoms with E-state index in [0.717, 1.165) is 17.6 Å². The number of nitrogen functional groups attached to an aromatic ring is 1. The van der Waals surface area contributed by atoms with E-state index in [9.17, 15) is 0 Å². The van der Waals surface area contributed by atoms with Crippen molar-refractivity contribution in [2.45, 2.75) is 50.0 Å². The number of hydrogen-bond donors (Lipinski definition) is 2. The van der Waals surface area contributed by atoms with E-state index in [1.807, 2.05) is 0 Å². The molecule has 2 nitrogen and oxygen atoms in total. The van der Waals surface area contributed by atoms with Crippen LogP contribution in [0.2, 0.25) is 0 Å². The van der Waals surface area contributed by atoms with E-state index in [0.29, 0.717) is 5.41 Å². The fraction of sp³-hybridized carbons (Fsp3) is 0.625. The van der Waals surface area contributed by atoms with Gasteiger partial charge in [0.15, 0.2) is 0 Å². The molecule has 1 saturated carbocycles. The Morgan fingerprint density at radius 1 is 1.22 bits per heavy atom. The van der Waals surface area contributed by atoms with E-state index < -0.39 is 0 Å². The third kappa shape index (κ3) is 1.33. The van der Waals surface area contributed by atoms with Gasteiger partial charge >= 0.3 is 0 Å². The average molecular weight is 242 g/mol. The van der Waals surface area contributed by atoms with Gasteiger partial charge in [0.1, 0.15) is 0 Å². The predicted molar refractivity (Wildman–Crippen MR) is 74.6 cm³/mol. The van der Waals surface area contributed by atoms with Crippen LogP contribution in [0, 0.1) is 5.92 Å². The van der Waals surface area contributed by atoms with E-state index in [4.69, 9.17) is 5.73 Å². The molecule has 0 unspecified atom stereocenters. The van der Waals surface area contributed by atoms with Crippen molar-refractivity contribution in [3.05, 3.63) is 29.3 Å². The number of hydrogen-bond acceptors (Lipinski definition) is 2. The molecule has 0 aromatic heterocycles. The van der Waals surface area contributed by atoms with Gasteiger partial charge < -0.3 is 11.1 Å². The Morgan fingerprint density at radius 2 is 2.17 bits per heavy atom. The second kappa shape index (κ2) is 3.74. The van der Waals surface area contributed by atoms with Crippen LogP contribution in [0.5, 0.6) is 0 Å². The molecule has 4 rings (SSSR count). The summed E-state index contributed by atoms with van der Waals surface area (Å²) >= 11 is 0. The number of rotatable bonds is 0. The molecule has 0 radical (unpaired) electrons. The van der Waals surface area contributed by atoms with Crippen LogP contribution in [0.1, 0.15) is 43.2 Å². The monoisotopic (exact) mass is 242 g/mol. The maximum Gasteiger partial charge on any atom is 0.0317 e. The fourth-order valence-electron chi connectivity index (χ4n) is 4.94. The van der Waals surface area contributed by atoms with Gasteiger partial charge in [-0.25, -0.2) is 0 Å². The van der Waals surface area contributed by atoms with Crippen LogP contribution in [0.3, 0.4) is 0 Å². The third-order valence-corrected chi connectivity index (χ3v) is 5.67. The minimum Gasteiger partial charge on any atom is -0.399 e. The maximum absolute atomic E-state index is 6.05. The van der Waals surface area contributed by atoms with Gasteiger partial charge in [0.2, 0.25) is 0 Å². The number of piperidine rings is 1. The SMILES string of the molecule is Nc1ccc2c(c1)[C@@]13CCCC[C@H]1[C@@H](C2)NCC3. The first-order valence-corrected chi connectivity index (χ1v) is 7.42. The molecule has 0 spiro atoms. The average Bonchev–Trinajstić information content (AvgIpc) is 2.40. The second-order valence-electron chi connectivity index (χ2n) is 6.44. The summed E-state index contributed by atoms with van der Waals surface area (Å²) in [4.78, 5) is 0. The van der Waals surface area contributed by atoms with Crippen LogP contribution < -0.4 is 11.1 Å². The zero-order valence-corrected chi connectivity index (χ0v) is 10.9. The summed E-state index contributed by atoms with van der Waals surface area (Å²) in [7, 11) is 0. The molecule has 18 heavy (non-hydrogen) atoms. The Balaban J connectivity index is 1.91. The normalized spacial score (nSPS) is 37.8. The molecule has 1 aromatic carbocycles. The third-order valence-electron chi connectivity index (χ3n) is 5.67. The molecular formula is C16H22N2. The van der Waals surface area contributed by atoms with Gasteiger partial charge in [-0.2, -0.15) is 0 Å². The Kier molecular flexibility index (Phi) is 2.25. The number of nitrogens with two attached hydrogens (primary N) is 1. The van der Waals surface area contributed by atoms with Crippen molar-refractivity contribution < 1.29 is 0 Å². The lowest BCUT2D eigenvalue weighted by Crippen LogP contribution is -2.59. The zero-order valence-electron chi connectivity index (χ0n) is 10.9. The lowest BCUT2D eigenvalue weighted by molar-refractivity contribution is 0.0798. The zero-order chi connectivity index (χ0) is 12.2. The summed E-state index contributed by atoms with van der Waals surface area (Å²) in [5.74, 6) is 0.856. The van der Waals surface area contributed by atoms with Crippen molar-refractivity contribution >= 4 is 5.69 Å². The molecule has 2 aliphatic carbocycles. The Bertz CT molecular complexity index is 478. The van der Waals surface area contributed by atoms with Crippen molar-refractivity contribution in [3.63, 3.8) is 0 Å². The van der Waals surface area contributed by atoms with Gasteiger partial charge in [0.25, 0.3) is 0 Å². The van der Waals surface area contributed by atoms with Gasteiger partial charge in [-0.05, 0) is 61.4 Å². The summed E-state index contributed by atoms with van der Waals surface area (Å²) in [6.07, 6.45) is 8.13. The van der Waals surface area contributed by atoms with Crippen LogP contribution in [-0.4, -0.2) is 12.6 Å². The number of anilines is 1. The van der Waals surface area contributed by atoms with Crippen molar-refractivity contribution in [1.82, 2.24) is 5.32 Å². The molecule has 0 amide bonds. The van der Waals surface area contributed by atoms with Crippen LogP contribution >= 0.6 is 0 Å². The highest BCUT2D eigenvalue weighted by atomic mass is 15.0. The summed E-state index contributed by atoms with van der Waals surface area (Å²) in [6, 6.07) is 7.36. The molecule has 96 valence electrons. The number of fused-ring (bicyclic) bond motifs is 1. The first kappa shape index (κ1) is 10.9. The van der Waals surface area contributed by atoms with Gasteiger partial charge in [-0.3, -0.25) is 0 Å². The lowest BCUT2D eigenvalue weighted by Gasteiger charge is -2.56. The van der Waals surface area contributed by atoms with E-state index in [-0.39, 0.29) is 0 Å². The summed E-state index contributed by atoms with van der Waals surface area (Å²) in [5, 5.41) is 3.77. The Morgan fingerprint density at radius 3 is 3.11 bits per heavy atom. The molecule has 3 aliphatic rings. The molecule has 2 fully saturated rings. The Hall–Kier alpha value is -1.02. The lowest BCUT2D eigenvalue weighted by atomic mass is 9.53. The van der Waals surface area contributed by atoms with Gasteiger partial charge in [-0.1, -0.05) is 18.9 Å². The predicted octanol–water partition coefficient (Wildman–Crippen LogP) is 2.61. The first-order chi connectivity index (χ1) is 8.79. The smallest absolute Gasteiger partial charge is 0.0317 e. The van der Waals surface area contributed by atoms with E-state index in [1.54, 1.807) is 11.1 Å². The highest BCUT2D eigenvalue weighted by Gasteiger charge is 2.51. The minimum absolute atomic E-state index is 0.455. The molecule has 1 aliphatic heterocycles. The number of benzene rings is 1. The number of nitrogens with one attached hydrogen (secondary N) is 1. The van der Waals surface area contributed by atoms with Crippen molar-refractivity contribution in [2.24, 2.45) is 5.92 Å². The topological polar surface area (TPSA) is 38.0 Å². The molecular weight excluding hydrogens is 220 g/mol. The van der Waals surface area contributed by atoms with Crippen LogP contribution in [0.15, 0.2) is 18.2 Å². The molecule has 1 heterocycles. The summed E-state index contributed by atoms with van der Waals surface area (Å²) in [5.41, 5.74) is 10.6. The molecule has 3 atom stereocenters. The van der Waals surface area contributed by atoms with Crippen LogP contribution in [0.4, 0.5) is 5.69 Å². The molecule has 1 aromatic rings. The fourth-order valence-corrected chi connectivity index (χ4v) is 4.94. The van der Waals surface area contributed by atoms with Gasteiger partial charge in [-0.15, -0.1) is 0 Å². The molecule has 2 heteroatoms. The van der Waals surface area contributed by atoms with E-state index in [2.05, 4.69) is 23.5 Å². The van der Waals surface area contributed by atoms with Crippen LogP contribution in [0.25, 0.3) is 0 Å². The Labute approximate surface area is 109 Å². The van der Waals surface area contributed by atoms with E-state index in [1.165, 1.54) is 45.1 Å². The first-order valence-electron chi connectivity index (χ1n) is 7.42. The minimum atomic E-state index is 0.455. The van der Waals surface area contributed by atoms with Gasteiger partial charge in [0.05, 0.1) is 0 Å². The highest BCUT2D eigenvalue weighted by molar-refractivity contribution is 5.50. The highest BCUT2D eigenvalue weighted by Crippen LogP contribution is 2.53. The maximum atomic E-state index is 6.05. The largest absolute Gasteiger partial charge is 0.399 e. The summed E-state index contributed by atoms with van der Waals surface area (Å²) < 4.78 is 0. The van der Waals surface area contributed by atoms with Crippen molar-refractivity contribution in [2.75, 3.05) is 12.3 Å². The summed E-state index contributed by atoms with van der Waals surface area (Å²) in [6.45, 7) is 1.19. The van der Waals surface area contributed by atoms with Crippen molar-refractivity contribution in [3.8, 4) is 0 Å². The quantitative estimate of drug-likeness (QED) is 0.686. The van der Waals surface area contributed by atoms with E-state index >= 15 is 0 Å². The molecule has 1 saturated heterocycles. The standard InChI is InChI=1S/C16H22N2/c17-12-5-4-11-9-15-13-3-1-2-6-16(13,7-8-18-15)14(11)10-12/h4-5,10,13,15,18H,1-3,6-9,17H2/t13-,15+,16+/m0/s1. The second-order valence-corrected chi connectivity index (χ2v) is 6.44. The van der Waals surface area contributed by atoms with Gasteiger partial charge in [0, 0.05) is 17.1 Å². The molecule has 2 bridgehead atoms.